The van der Waals surface area contributed by atoms with Crippen LogP contribution in [-0.4, -0.2) is 29.8 Å². The summed E-state index contributed by atoms with van der Waals surface area (Å²) < 4.78 is 0. The summed E-state index contributed by atoms with van der Waals surface area (Å²) >= 11 is 12.3. The van der Waals surface area contributed by atoms with E-state index >= 15 is 0 Å². The molecular weight excluding hydrogens is 383 g/mol. The minimum Gasteiger partial charge on any atom is -0.357 e. The van der Waals surface area contributed by atoms with Gasteiger partial charge in [0.05, 0.1) is 0 Å². The predicted molar refractivity (Wildman–Crippen MR) is 110 cm³/mol. The van der Waals surface area contributed by atoms with E-state index < -0.39 is 6.04 Å². The highest BCUT2D eigenvalue weighted by atomic mass is 35.5. The highest BCUT2D eigenvalue weighted by Crippen LogP contribution is 2.24. The third-order valence-corrected chi connectivity index (χ3v) is 4.92. The molecular formula is C21H24Cl2N2O2. The van der Waals surface area contributed by atoms with Crippen LogP contribution in [0.2, 0.25) is 10.0 Å². The molecule has 1 N–H and O–H groups in total. The molecule has 144 valence electrons. The Labute approximate surface area is 170 Å². The fourth-order valence-electron chi connectivity index (χ4n) is 2.91. The zero-order valence-corrected chi connectivity index (χ0v) is 17.1. The van der Waals surface area contributed by atoms with Gasteiger partial charge in [0.2, 0.25) is 11.8 Å². The Hall–Kier alpha value is -2.04. The summed E-state index contributed by atoms with van der Waals surface area (Å²) in [6.45, 7) is 2.19. The Morgan fingerprint density at radius 2 is 1.81 bits per heavy atom. The van der Waals surface area contributed by atoms with Crippen LogP contribution in [0.15, 0.2) is 48.5 Å². The summed E-state index contributed by atoms with van der Waals surface area (Å²) in [6, 6.07) is 14.2. The zero-order chi connectivity index (χ0) is 19.8. The number of carbonyl (C=O) groups is 2. The second-order valence-electron chi connectivity index (χ2n) is 6.33. The van der Waals surface area contributed by atoms with E-state index in [0.29, 0.717) is 29.3 Å². The van der Waals surface area contributed by atoms with Crippen LogP contribution in [0.3, 0.4) is 0 Å². The normalized spacial score (nSPS) is 11.7. The third kappa shape index (κ3) is 5.98. The van der Waals surface area contributed by atoms with Gasteiger partial charge in [-0.25, -0.2) is 0 Å². The van der Waals surface area contributed by atoms with Crippen LogP contribution in [0, 0.1) is 0 Å². The molecule has 2 aromatic carbocycles. The molecule has 0 fully saturated rings. The number of halogens is 2. The molecule has 0 saturated carbocycles. The van der Waals surface area contributed by atoms with E-state index in [1.807, 2.05) is 37.3 Å². The lowest BCUT2D eigenvalue weighted by Gasteiger charge is -2.31. The van der Waals surface area contributed by atoms with Gasteiger partial charge in [0.1, 0.15) is 6.04 Å². The Morgan fingerprint density at radius 1 is 1.11 bits per heavy atom. The molecule has 4 nitrogen and oxygen atoms in total. The molecule has 0 aromatic heterocycles. The number of nitrogens with zero attached hydrogens (tertiary/aromatic N) is 1. The largest absolute Gasteiger partial charge is 0.357 e. The number of rotatable bonds is 8. The Morgan fingerprint density at radius 3 is 2.41 bits per heavy atom. The number of nitrogens with one attached hydrogen (secondary N) is 1. The standard InChI is InChI=1S/C21H24Cl2N2O2/c1-3-7-20(26)25(14-16-10-11-17(22)13-18(16)23)19(21(27)24-2)12-15-8-5-4-6-9-15/h4-6,8-11,13,19H,3,7,12,14H2,1-2H3,(H,24,27)/t19-/m0/s1. The topological polar surface area (TPSA) is 49.4 Å². The molecule has 0 heterocycles. The molecule has 27 heavy (non-hydrogen) atoms. The first-order valence-electron chi connectivity index (χ1n) is 8.95. The van der Waals surface area contributed by atoms with Crippen molar-refractivity contribution in [2.75, 3.05) is 7.05 Å². The van der Waals surface area contributed by atoms with Crippen LogP contribution >= 0.6 is 23.2 Å². The van der Waals surface area contributed by atoms with Gasteiger partial charge >= 0.3 is 0 Å². The maximum atomic E-state index is 12.9. The molecule has 0 spiro atoms. The maximum Gasteiger partial charge on any atom is 0.242 e. The van der Waals surface area contributed by atoms with Gasteiger partial charge in [0.25, 0.3) is 0 Å². The van der Waals surface area contributed by atoms with E-state index in [0.717, 1.165) is 11.1 Å². The second kappa shape index (κ2) is 10.3. The summed E-state index contributed by atoms with van der Waals surface area (Å²) in [5, 5.41) is 3.69. The van der Waals surface area contributed by atoms with E-state index in [4.69, 9.17) is 23.2 Å². The summed E-state index contributed by atoms with van der Waals surface area (Å²) in [4.78, 5) is 27.1. The van der Waals surface area contributed by atoms with Crippen LogP contribution in [0.1, 0.15) is 30.9 Å². The smallest absolute Gasteiger partial charge is 0.242 e. The summed E-state index contributed by atoms with van der Waals surface area (Å²) in [5.74, 6) is -0.276. The molecule has 2 amide bonds. The summed E-state index contributed by atoms with van der Waals surface area (Å²) in [5.41, 5.74) is 1.75. The van der Waals surface area contributed by atoms with Gasteiger partial charge < -0.3 is 10.2 Å². The number of amides is 2. The van der Waals surface area contributed by atoms with Crippen molar-refractivity contribution < 1.29 is 9.59 Å². The SMILES string of the molecule is CCCC(=O)N(Cc1ccc(Cl)cc1Cl)[C@@H](Cc1ccccc1)C(=O)NC. The van der Waals surface area contributed by atoms with E-state index in [-0.39, 0.29) is 18.4 Å². The second-order valence-corrected chi connectivity index (χ2v) is 7.17. The number of carbonyl (C=O) groups excluding carboxylic acids is 2. The number of likely N-dealkylation sites (N-methyl/N-ethyl adjacent to an activating group) is 1. The van der Waals surface area contributed by atoms with Gasteiger partial charge in [-0.3, -0.25) is 9.59 Å². The number of benzene rings is 2. The molecule has 0 bridgehead atoms. The van der Waals surface area contributed by atoms with Gasteiger partial charge in [-0.2, -0.15) is 0 Å². The fraction of sp³-hybridized carbons (Fsp3) is 0.333. The Kier molecular flexibility index (Phi) is 8.14. The summed E-state index contributed by atoms with van der Waals surface area (Å²) in [7, 11) is 1.58. The highest BCUT2D eigenvalue weighted by Gasteiger charge is 2.29. The van der Waals surface area contributed by atoms with E-state index in [2.05, 4.69) is 5.32 Å². The van der Waals surface area contributed by atoms with Crippen molar-refractivity contribution in [1.29, 1.82) is 0 Å². The first-order valence-corrected chi connectivity index (χ1v) is 9.70. The van der Waals surface area contributed by atoms with Crippen LogP contribution in [0.25, 0.3) is 0 Å². The molecule has 2 rings (SSSR count). The van der Waals surface area contributed by atoms with E-state index in [1.165, 1.54) is 0 Å². The zero-order valence-electron chi connectivity index (χ0n) is 15.5. The molecule has 0 saturated heterocycles. The average molecular weight is 407 g/mol. The van der Waals surface area contributed by atoms with Crippen molar-refractivity contribution in [3.63, 3.8) is 0 Å². The van der Waals surface area contributed by atoms with E-state index in [9.17, 15) is 9.59 Å². The van der Waals surface area contributed by atoms with Gasteiger partial charge in [0, 0.05) is 36.5 Å². The van der Waals surface area contributed by atoms with Gasteiger partial charge in [-0.05, 0) is 29.7 Å². The molecule has 2 aromatic rings. The third-order valence-electron chi connectivity index (χ3n) is 4.34. The Balaban J connectivity index is 2.37. The molecule has 0 aliphatic heterocycles. The van der Waals surface area contributed by atoms with Crippen molar-refractivity contribution in [2.45, 2.75) is 38.8 Å². The van der Waals surface area contributed by atoms with Gasteiger partial charge in [0.15, 0.2) is 0 Å². The lowest BCUT2D eigenvalue weighted by molar-refractivity contribution is -0.141. The maximum absolute atomic E-state index is 12.9. The minimum atomic E-state index is -0.622. The van der Waals surface area contributed by atoms with Crippen LogP contribution in [0.4, 0.5) is 0 Å². The molecule has 1 atom stereocenters. The lowest BCUT2D eigenvalue weighted by atomic mass is 10.0. The highest BCUT2D eigenvalue weighted by molar-refractivity contribution is 6.35. The first-order chi connectivity index (χ1) is 13.0. The van der Waals surface area contributed by atoms with E-state index in [1.54, 1.807) is 30.1 Å². The Bertz CT molecular complexity index is 781. The molecule has 0 unspecified atom stereocenters. The number of hydrogen-bond donors (Lipinski definition) is 1. The molecule has 0 radical (unpaired) electrons. The molecule has 0 aliphatic rings. The first kappa shape index (κ1) is 21.3. The van der Waals surface area contributed by atoms with Crippen LogP contribution in [-0.2, 0) is 22.6 Å². The monoisotopic (exact) mass is 406 g/mol. The molecule has 0 aliphatic carbocycles. The van der Waals surface area contributed by atoms with Crippen LogP contribution < -0.4 is 5.32 Å². The quantitative estimate of drug-likeness (QED) is 0.702. The average Bonchev–Trinajstić information content (AvgIpc) is 2.66. The fourth-order valence-corrected chi connectivity index (χ4v) is 3.38. The van der Waals surface area contributed by atoms with Crippen molar-refractivity contribution in [1.82, 2.24) is 10.2 Å². The van der Waals surface area contributed by atoms with Crippen molar-refractivity contribution in [3.8, 4) is 0 Å². The van der Waals surface area contributed by atoms with Crippen molar-refractivity contribution in [2.24, 2.45) is 0 Å². The van der Waals surface area contributed by atoms with Crippen molar-refractivity contribution >= 4 is 35.0 Å². The van der Waals surface area contributed by atoms with Crippen LogP contribution in [0.5, 0.6) is 0 Å². The minimum absolute atomic E-state index is 0.0759. The number of hydrogen-bond acceptors (Lipinski definition) is 2. The van der Waals surface area contributed by atoms with Gasteiger partial charge in [-0.15, -0.1) is 0 Å². The predicted octanol–water partition coefficient (Wildman–Crippen LogP) is 4.48. The van der Waals surface area contributed by atoms with Crippen molar-refractivity contribution in [3.05, 3.63) is 69.7 Å². The lowest BCUT2D eigenvalue weighted by Crippen LogP contribution is -2.49. The molecule has 6 heteroatoms. The van der Waals surface area contributed by atoms with Gasteiger partial charge in [-0.1, -0.05) is 66.5 Å². The summed E-state index contributed by atoms with van der Waals surface area (Å²) in [6.07, 6.45) is 1.50.